The zero-order chi connectivity index (χ0) is 16.8. The molecule has 1 unspecified atom stereocenters. The fraction of sp³-hybridized carbons (Fsp3) is 0.444. The first-order valence-electron chi connectivity index (χ1n) is 8.44. The summed E-state index contributed by atoms with van der Waals surface area (Å²) < 4.78 is 2.04. The molecule has 1 fully saturated rings. The lowest BCUT2D eigenvalue weighted by atomic mass is 9.99. The third-order valence-corrected chi connectivity index (χ3v) is 4.46. The average Bonchev–Trinajstić information content (AvgIpc) is 3.07. The summed E-state index contributed by atoms with van der Waals surface area (Å²) in [5.41, 5.74) is 1.20. The van der Waals surface area contributed by atoms with Gasteiger partial charge in [-0.25, -0.2) is 9.78 Å². The molecule has 1 aliphatic rings. The number of nitrogens with zero attached hydrogens (tertiary/aromatic N) is 3. The van der Waals surface area contributed by atoms with Crippen LogP contribution in [0.3, 0.4) is 0 Å². The molecule has 2 heterocycles. The number of carbonyl (C=O) groups excluding carboxylic acids is 1. The lowest BCUT2D eigenvalue weighted by Gasteiger charge is -2.31. The van der Waals surface area contributed by atoms with E-state index < -0.39 is 0 Å². The molecule has 2 aromatic rings. The number of aliphatic hydroxyl groups excluding tert-OH is 1. The summed E-state index contributed by atoms with van der Waals surface area (Å²) >= 11 is 0. The van der Waals surface area contributed by atoms with Crippen molar-refractivity contribution in [3.05, 3.63) is 54.1 Å². The van der Waals surface area contributed by atoms with Gasteiger partial charge in [0.05, 0.1) is 6.54 Å². The molecule has 0 bridgehead atoms. The van der Waals surface area contributed by atoms with E-state index in [4.69, 9.17) is 0 Å². The number of piperidine rings is 1. The van der Waals surface area contributed by atoms with Gasteiger partial charge in [-0.3, -0.25) is 0 Å². The van der Waals surface area contributed by atoms with Crippen molar-refractivity contribution in [2.45, 2.75) is 25.9 Å². The second-order valence-corrected chi connectivity index (χ2v) is 6.25. The maximum Gasteiger partial charge on any atom is 0.317 e. The molecule has 128 valence electrons. The first kappa shape index (κ1) is 16.5. The fourth-order valence-corrected chi connectivity index (χ4v) is 3.10. The standard InChI is InChI=1S/C18H24N4O2/c23-14-16-7-4-9-22(13-16)18(24)20-11-17-19-8-10-21(17)12-15-5-2-1-3-6-15/h1-3,5-6,8,10,16,23H,4,7,9,11-14H2,(H,20,24). The number of hydrogen-bond donors (Lipinski definition) is 2. The highest BCUT2D eigenvalue weighted by Gasteiger charge is 2.23. The molecule has 0 spiro atoms. The maximum absolute atomic E-state index is 12.3. The van der Waals surface area contributed by atoms with E-state index in [0.717, 1.165) is 31.8 Å². The van der Waals surface area contributed by atoms with Crippen LogP contribution in [-0.2, 0) is 13.1 Å². The molecule has 1 atom stereocenters. The largest absolute Gasteiger partial charge is 0.396 e. The van der Waals surface area contributed by atoms with E-state index >= 15 is 0 Å². The van der Waals surface area contributed by atoms with Crippen molar-refractivity contribution < 1.29 is 9.90 Å². The quantitative estimate of drug-likeness (QED) is 0.880. The summed E-state index contributed by atoms with van der Waals surface area (Å²) in [6, 6.07) is 10.1. The SMILES string of the molecule is O=C(NCc1nccn1Cc1ccccc1)N1CCCC(CO)C1. The Balaban J connectivity index is 1.55. The number of benzene rings is 1. The predicted octanol–water partition coefficient (Wildman–Crippen LogP) is 1.85. The van der Waals surface area contributed by atoms with Gasteiger partial charge >= 0.3 is 6.03 Å². The molecule has 0 saturated carbocycles. The molecule has 3 rings (SSSR count). The van der Waals surface area contributed by atoms with Gasteiger partial charge in [0.25, 0.3) is 0 Å². The first-order chi connectivity index (χ1) is 11.8. The average molecular weight is 328 g/mol. The highest BCUT2D eigenvalue weighted by molar-refractivity contribution is 5.74. The minimum Gasteiger partial charge on any atom is -0.396 e. The highest BCUT2D eigenvalue weighted by atomic mass is 16.3. The Bertz CT molecular complexity index is 656. The van der Waals surface area contributed by atoms with Crippen LogP contribution in [0.15, 0.2) is 42.7 Å². The van der Waals surface area contributed by atoms with Gasteiger partial charge in [-0.1, -0.05) is 30.3 Å². The molecule has 6 nitrogen and oxygen atoms in total. The van der Waals surface area contributed by atoms with E-state index in [1.165, 1.54) is 5.56 Å². The topological polar surface area (TPSA) is 70.4 Å². The minimum atomic E-state index is -0.0811. The Kier molecular flexibility index (Phi) is 5.48. The zero-order valence-electron chi connectivity index (χ0n) is 13.8. The highest BCUT2D eigenvalue weighted by Crippen LogP contribution is 2.15. The van der Waals surface area contributed by atoms with Crippen LogP contribution in [0, 0.1) is 5.92 Å². The minimum absolute atomic E-state index is 0.0811. The summed E-state index contributed by atoms with van der Waals surface area (Å²) in [7, 11) is 0. The second-order valence-electron chi connectivity index (χ2n) is 6.25. The maximum atomic E-state index is 12.3. The molecular weight excluding hydrogens is 304 g/mol. The van der Waals surface area contributed by atoms with Crippen LogP contribution in [-0.4, -0.2) is 45.3 Å². The van der Waals surface area contributed by atoms with Gasteiger partial charge in [-0.15, -0.1) is 0 Å². The van der Waals surface area contributed by atoms with Gasteiger partial charge in [-0.2, -0.15) is 0 Å². The van der Waals surface area contributed by atoms with Crippen LogP contribution in [0.4, 0.5) is 4.79 Å². The van der Waals surface area contributed by atoms with E-state index in [0.29, 0.717) is 13.1 Å². The van der Waals surface area contributed by atoms with Crippen LogP contribution < -0.4 is 5.32 Å². The molecule has 1 saturated heterocycles. The summed E-state index contributed by atoms with van der Waals surface area (Å²) in [6.07, 6.45) is 5.62. The third kappa shape index (κ3) is 4.14. The Morgan fingerprint density at radius 1 is 1.33 bits per heavy atom. The van der Waals surface area contributed by atoms with Crippen LogP contribution >= 0.6 is 0 Å². The first-order valence-corrected chi connectivity index (χ1v) is 8.44. The van der Waals surface area contributed by atoms with Crippen molar-refractivity contribution >= 4 is 6.03 Å². The second kappa shape index (κ2) is 7.97. The summed E-state index contributed by atoms with van der Waals surface area (Å²) in [5.74, 6) is 1.03. The molecule has 1 aliphatic heterocycles. The van der Waals surface area contributed by atoms with Crippen molar-refractivity contribution in [3.8, 4) is 0 Å². The monoisotopic (exact) mass is 328 g/mol. The lowest BCUT2D eigenvalue weighted by Crippen LogP contribution is -2.46. The zero-order valence-corrected chi connectivity index (χ0v) is 13.8. The normalized spacial score (nSPS) is 17.7. The lowest BCUT2D eigenvalue weighted by molar-refractivity contribution is 0.129. The number of rotatable bonds is 5. The molecular formula is C18H24N4O2. The Morgan fingerprint density at radius 3 is 2.96 bits per heavy atom. The van der Waals surface area contributed by atoms with Gasteiger partial charge in [0, 0.05) is 38.6 Å². The van der Waals surface area contributed by atoms with E-state index in [9.17, 15) is 9.90 Å². The smallest absolute Gasteiger partial charge is 0.317 e. The van der Waals surface area contributed by atoms with E-state index in [1.54, 1.807) is 11.1 Å². The summed E-state index contributed by atoms with van der Waals surface area (Å²) in [4.78, 5) is 18.5. The van der Waals surface area contributed by atoms with Crippen LogP contribution in [0.5, 0.6) is 0 Å². The van der Waals surface area contributed by atoms with Gasteiger partial charge in [0.2, 0.25) is 0 Å². The third-order valence-electron chi connectivity index (χ3n) is 4.46. The molecule has 1 aromatic heterocycles. The Hall–Kier alpha value is -2.34. The number of likely N-dealkylation sites (tertiary alicyclic amines) is 1. The van der Waals surface area contributed by atoms with Crippen molar-refractivity contribution in [3.63, 3.8) is 0 Å². The van der Waals surface area contributed by atoms with Crippen molar-refractivity contribution in [2.75, 3.05) is 19.7 Å². The number of hydrogen-bond acceptors (Lipinski definition) is 3. The predicted molar refractivity (Wildman–Crippen MR) is 91.4 cm³/mol. The van der Waals surface area contributed by atoms with Gasteiger partial charge in [0.1, 0.15) is 5.82 Å². The van der Waals surface area contributed by atoms with Crippen molar-refractivity contribution in [1.29, 1.82) is 0 Å². The Morgan fingerprint density at radius 2 is 2.17 bits per heavy atom. The fourth-order valence-electron chi connectivity index (χ4n) is 3.10. The number of urea groups is 1. The number of aromatic nitrogens is 2. The number of amides is 2. The number of aliphatic hydroxyl groups is 1. The van der Waals surface area contributed by atoms with Crippen molar-refractivity contribution in [1.82, 2.24) is 19.8 Å². The Labute approximate surface area is 142 Å². The summed E-state index contributed by atoms with van der Waals surface area (Å²) in [5, 5.41) is 12.2. The van der Waals surface area contributed by atoms with Gasteiger partial charge in [0.15, 0.2) is 0 Å². The van der Waals surface area contributed by atoms with Gasteiger partial charge < -0.3 is 19.9 Å². The number of carbonyl (C=O) groups is 1. The molecule has 0 radical (unpaired) electrons. The van der Waals surface area contributed by atoms with Crippen LogP contribution in [0.1, 0.15) is 24.2 Å². The molecule has 1 aromatic carbocycles. The van der Waals surface area contributed by atoms with Gasteiger partial charge in [-0.05, 0) is 24.3 Å². The molecule has 24 heavy (non-hydrogen) atoms. The molecule has 2 N–H and O–H groups in total. The number of nitrogens with one attached hydrogen (secondary N) is 1. The van der Waals surface area contributed by atoms with Crippen LogP contribution in [0.2, 0.25) is 0 Å². The molecule has 0 aliphatic carbocycles. The van der Waals surface area contributed by atoms with E-state index in [1.807, 2.05) is 29.0 Å². The van der Waals surface area contributed by atoms with E-state index in [-0.39, 0.29) is 18.6 Å². The molecule has 2 amide bonds. The number of imidazole rings is 1. The molecule has 6 heteroatoms. The van der Waals surface area contributed by atoms with Crippen LogP contribution in [0.25, 0.3) is 0 Å². The summed E-state index contributed by atoms with van der Waals surface area (Å²) in [6.45, 7) is 2.66. The van der Waals surface area contributed by atoms with E-state index in [2.05, 4.69) is 22.4 Å². The van der Waals surface area contributed by atoms with Crippen molar-refractivity contribution in [2.24, 2.45) is 5.92 Å².